The molecule has 2 rings (SSSR count). The highest BCUT2D eigenvalue weighted by atomic mass is 32.1. The average Bonchev–Trinajstić information content (AvgIpc) is 2.94. The second-order valence-corrected chi connectivity index (χ2v) is 5.27. The summed E-state index contributed by atoms with van der Waals surface area (Å²) in [7, 11) is 5.66. The van der Waals surface area contributed by atoms with Crippen LogP contribution in [0.5, 0.6) is 5.75 Å². The first kappa shape index (κ1) is 14.7. The highest BCUT2D eigenvalue weighted by Crippen LogP contribution is 2.18. The molecule has 108 valence electrons. The van der Waals surface area contributed by atoms with Crippen LogP contribution in [0.1, 0.15) is 11.4 Å². The molecule has 1 aromatic carbocycles. The third-order valence-corrected chi connectivity index (χ3v) is 3.87. The van der Waals surface area contributed by atoms with Crippen LogP contribution in [0.4, 0.5) is 5.13 Å². The summed E-state index contributed by atoms with van der Waals surface area (Å²) in [6.45, 7) is 1.86. The third-order valence-electron chi connectivity index (χ3n) is 3.00. The Hall–Kier alpha value is -1.66. The molecule has 0 aliphatic carbocycles. The molecule has 0 spiro atoms. The fourth-order valence-electron chi connectivity index (χ4n) is 1.77. The molecule has 0 saturated carbocycles. The van der Waals surface area contributed by atoms with E-state index in [0.29, 0.717) is 0 Å². The Labute approximate surface area is 123 Å². The summed E-state index contributed by atoms with van der Waals surface area (Å²) in [5, 5.41) is 4.09. The average molecular weight is 292 g/mol. The minimum Gasteiger partial charge on any atom is -0.497 e. The second-order valence-electron chi connectivity index (χ2n) is 4.54. The number of methoxy groups -OCH3 is 1. The van der Waals surface area contributed by atoms with Crippen molar-refractivity contribution >= 4 is 16.7 Å². The molecule has 0 amide bonds. The Bertz CT molecular complexity index is 526. The van der Waals surface area contributed by atoms with Crippen LogP contribution in [-0.4, -0.2) is 43.7 Å². The predicted octanol–water partition coefficient (Wildman–Crippen LogP) is 1.79. The summed E-state index contributed by atoms with van der Waals surface area (Å²) in [6.07, 6.45) is 0.750. The van der Waals surface area contributed by atoms with Gasteiger partial charge < -0.3 is 15.0 Å². The summed E-state index contributed by atoms with van der Waals surface area (Å²) >= 11 is 1.45. The van der Waals surface area contributed by atoms with Crippen molar-refractivity contribution in [1.82, 2.24) is 14.7 Å². The number of nitrogens with one attached hydrogen (secondary N) is 1. The zero-order valence-corrected chi connectivity index (χ0v) is 12.9. The lowest BCUT2D eigenvalue weighted by atomic mass is 10.1. The molecule has 0 aliphatic heterocycles. The predicted molar refractivity (Wildman–Crippen MR) is 82.9 cm³/mol. The minimum atomic E-state index is 0.750. The van der Waals surface area contributed by atoms with Crippen LogP contribution in [0.2, 0.25) is 0 Å². The SMILES string of the molecule is CNCCN(C)c1nc(Cc2ccc(OC)cc2)ns1. The van der Waals surface area contributed by atoms with Crippen molar-refractivity contribution in [2.45, 2.75) is 6.42 Å². The van der Waals surface area contributed by atoms with Crippen molar-refractivity contribution in [1.29, 1.82) is 0 Å². The minimum absolute atomic E-state index is 0.750. The quantitative estimate of drug-likeness (QED) is 0.843. The fourth-order valence-corrected chi connectivity index (χ4v) is 2.44. The number of rotatable bonds is 7. The van der Waals surface area contributed by atoms with E-state index in [2.05, 4.69) is 19.6 Å². The van der Waals surface area contributed by atoms with E-state index in [1.807, 2.05) is 38.4 Å². The topological polar surface area (TPSA) is 50.3 Å². The number of nitrogens with zero attached hydrogens (tertiary/aromatic N) is 3. The maximum atomic E-state index is 5.15. The van der Waals surface area contributed by atoms with Crippen molar-refractivity contribution in [3.8, 4) is 5.75 Å². The monoisotopic (exact) mass is 292 g/mol. The molecule has 0 saturated heterocycles. The van der Waals surface area contributed by atoms with Crippen LogP contribution in [0.25, 0.3) is 0 Å². The van der Waals surface area contributed by atoms with Gasteiger partial charge in [-0.2, -0.15) is 4.37 Å². The molecule has 0 fully saturated rings. The number of hydrogen-bond donors (Lipinski definition) is 1. The molecule has 5 nitrogen and oxygen atoms in total. The van der Waals surface area contributed by atoms with Gasteiger partial charge in [0.2, 0.25) is 5.13 Å². The molecular formula is C14H20N4OS. The summed E-state index contributed by atoms with van der Waals surface area (Å²) in [5.41, 5.74) is 1.19. The first-order valence-corrected chi connectivity index (χ1v) is 7.31. The summed E-state index contributed by atoms with van der Waals surface area (Å²) < 4.78 is 9.57. The molecule has 0 atom stereocenters. The van der Waals surface area contributed by atoms with Crippen molar-refractivity contribution in [3.63, 3.8) is 0 Å². The van der Waals surface area contributed by atoms with Crippen molar-refractivity contribution in [2.75, 3.05) is 39.2 Å². The molecule has 6 heteroatoms. The molecule has 1 N–H and O–H groups in total. The largest absolute Gasteiger partial charge is 0.497 e. The van der Waals surface area contributed by atoms with Gasteiger partial charge in [0.25, 0.3) is 0 Å². The van der Waals surface area contributed by atoms with Gasteiger partial charge in [0.1, 0.15) is 11.6 Å². The molecule has 1 aromatic heterocycles. The highest BCUT2D eigenvalue weighted by molar-refractivity contribution is 7.09. The van der Waals surface area contributed by atoms with E-state index in [9.17, 15) is 0 Å². The first-order chi connectivity index (χ1) is 9.72. The van der Waals surface area contributed by atoms with Gasteiger partial charge in [-0.25, -0.2) is 4.98 Å². The Morgan fingerprint density at radius 3 is 2.70 bits per heavy atom. The number of hydrogen-bond acceptors (Lipinski definition) is 6. The van der Waals surface area contributed by atoms with Crippen LogP contribution in [0.15, 0.2) is 24.3 Å². The summed E-state index contributed by atoms with van der Waals surface area (Å²) in [5.74, 6) is 1.74. The number of anilines is 1. The standard InChI is InChI=1S/C14H20N4OS/c1-15-8-9-18(2)14-16-13(17-20-14)10-11-4-6-12(19-3)7-5-11/h4-7,15H,8-10H2,1-3H3. The van der Waals surface area contributed by atoms with Crippen LogP contribution in [-0.2, 0) is 6.42 Å². The normalized spacial score (nSPS) is 10.6. The lowest BCUT2D eigenvalue weighted by Crippen LogP contribution is -2.26. The zero-order valence-electron chi connectivity index (χ0n) is 12.1. The Balaban J connectivity index is 1.97. The molecule has 0 unspecified atom stereocenters. The highest BCUT2D eigenvalue weighted by Gasteiger charge is 2.09. The number of aromatic nitrogens is 2. The number of ether oxygens (including phenoxy) is 1. The van der Waals surface area contributed by atoms with Gasteiger partial charge in [-0.15, -0.1) is 0 Å². The van der Waals surface area contributed by atoms with Crippen molar-refractivity contribution in [2.24, 2.45) is 0 Å². The summed E-state index contributed by atoms with van der Waals surface area (Å²) in [4.78, 5) is 6.69. The molecule has 0 bridgehead atoms. The van der Waals surface area contributed by atoms with E-state index in [-0.39, 0.29) is 0 Å². The Kier molecular flexibility index (Phi) is 5.31. The summed E-state index contributed by atoms with van der Waals surface area (Å²) in [6, 6.07) is 8.01. The van der Waals surface area contributed by atoms with Gasteiger partial charge in [0, 0.05) is 38.1 Å². The number of likely N-dealkylation sites (N-methyl/N-ethyl adjacent to an activating group) is 2. The van der Waals surface area contributed by atoms with Gasteiger partial charge >= 0.3 is 0 Å². The second kappa shape index (κ2) is 7.21. The van der Waals surface area contributed by atoms with Gasteiger partial charge in [-0.1, -0.05) is 12.1 Å². The van der Waals surface area contributed by atoms with Crippen LogP contribution < -0.4 is 15.0 Å². The van der Waals surface area contributed by atoms with Gasteiger partial charge in [0.15, 0.2) is 0 Å². The zero-order chi connectivity index (χ0) is 14.4. The molecule has 2 aromatic rings. The van der Waals surface area contributed by atoms with Crippen molar-refractivity contribution in [3.05, 3.63) is 35.7 Å². The molecule has 20 heavy (non-hydrogen) atoms. The van der Waals surface area contributed by atoms with Gasteiger partial charge in [0.05, 0.1) is 7.11 Å². The van der Waals surface area contributed by atoms with E-state index in [0.717, 1.165) is 36.2 Å². The van der Waals surface area contributed by atoms with E-state index in [1.54, 1.807) is 7.11 Å². The van der Waals surface area contributed by atoms with Crippen LogP contribution in [0, 0.1) is 0 Å². The van der Waals surface area contributed by atoms with Crippen LogP contribution >= 0.6 is 11.5 Å². The van der Waals surface area contributed by atoms with E-state index in [1.165, 1.54) is 17.1 Å². The lowest BCUT2D eigenvalue weighted by molar-refractivity contribution is 0.414. The van der Waals surface area contributed by atoms with E-state index < -0.39 is 0 Å². The molecule has 1 heterocycles. The first-order valence-electron chi connectivity index (χ1n) is 6.54. The maximum Gasteiger partial charge on any atom is 0.204 e. The smallest absolute Gasteiger partial charge is 0.204 e. The van der Waals surface area contributed by atoms with Crippen molar-refractivity contribution < 1.29 is 4.74 Å². The number of benzene rings is 1. The molecule has 0 aliphatic rings. The Morgan fingerprint density at radius 2 is 2.05 bits per heavy atom. The fraction of sp³-hybridized carbons (Fsp3) is 0.429. The van der Waals surface area contributed by atoms with E-state index >= 15 is 0 Å². The Morgan fingerprint density at radius 1 is 1.30 bits per heavy atom. The molecule has 0 radical (unpaired) electrons. The molecular weight excluding hydrogens is 272 g/mol. The third kappa shape index (κ3) is 3.91. The van der Waals surface area contributed by atoms with Gasteiger partial charge in [-0.05, 0) is 24.7 Å². The maximum absolute atomic E-state index is 5.15. The lowest BCUT2D eigenvalue weighted by Gasteiger charge is -2.13. The van der Waals surface area contributed by atoms with Gasteiger partial charge in [-0.3, -0.25) is 0 Å². The van der Waals surface area contributed by atoms with E-state index in [4.69, 9.17) is 4.74 Å². The van der Waals surface area contributed by atoms with Crippen LogP contribution in [0.3, 0.4) is 0 Å².